The summed E-state index contributed by atoms with van der Waals surface area (Å²) in [5.41, 5.74) is 1.07. The van der Waals surface area contributed by atoms with Crippen molar-refractivity contribution in [3.63, 3.8) is 0 Å². The first kappa shape index (κ1) is 12.7. The van der Waals surface area contributed by atoms with Crippen LogP contribution in [-0.2, 0) is 9.53 Å². The standard InChI is InChI=1S/C13H17NO4/c1-16-8-18-12-5-9(3-4-11(12)17-2)10-6-13(15)14-7-10/h3-5,10H,6-8H2,1-2H3,(H,14,15). The van der Waals surface area contributed by atoms with Gasteiger partial charge in [-0.2, -0.15) is 0 Å². The van der Waals surface area contributed by atoms with Crippen LogP contribution >= 0.6 is 0 Å². The topological polar surface area (TPSA) is 56.8 Å². The fraction of sp³-hybridized carbons (Fsp3) is 0.462. The maximum atomic E-state index is 11.2. The molecule has 1 aliphatic rings. The molecule has 0 spiro atoms. The molecule has 1 unspecified atom stereocenters. The molecule has 1 atom stereocenters. The second kappa shape index (κ2) is 5.73. The number of rotatable bonds is 5. The van der Waals surface area contributed by atoms with Crippen LogP contribution in [0.4, 0.5) is 0 Å². The van der Waals surface area contributed by atoms with Crippen LogP contribution in [0, 0.1) is 0 Å². The van der Waals surface area contributed by atoms with E-state index in [0.717, 1.165) is 5.56 Å². The molecule has 0 radical (unpaired) electrons. The Morgan fingerprint density at radius 3 is 2.78 bits per heavy atom. The van der Waals surface area contributed by atoms with Crippen molar-refractivity contribution >= 4 is 5.91 Å². The van der Waals surface area contributed by atoms with Crippen molar-refractivity contribution in [2.45, 2.75) is 12.3 Å². The van der Waals surface area contributed by atoms with Gasteiger partial charge in [0.05, 0.1) is 7.11 Å². The van der Waals surface area contributed by atoms with Crippen LogP contribution in [-0.4, -0.2) is 33.5 Å². The second-order valence-corrected chi connectivity index (χ2v) is 4.17. The zero-order valence-electron chi connectivity index (χ0n) is 10.6. The average molecular weight is 251 g/mol. The number of nitrogens with one attached hydrogen (secondary N) is 1. The minimum Gasteiger partial charge on any atom is -0.493 e. The van der Waals surface area contributed by atoms with Crippen molar-refractivity contribution in [1.29, 1.82) is 0 Å². The summed E-state index contributed by atoms with van der Waals surface area (Å²) in [6.07, 6.45) is 0.524. The molecule has 5 nitrogen and oxygen atoms in total. The Balaban J connectivity index is 2.19. The van der Waals surface area contributed by atoms with Gasteiger partial charge in [-0.25, -0.2) is 0 Å². The number of carbonyl (C=O) groups is 1. The molecular weight excluding hydrogens is 234 g/mol. The lowest BCUT2D eigenvalue weighted by Crippen LogP contribution is -2.13. The predicted octanol–water partition coefficient (Wildman–Crippen LogP) is 1.28. The zero-order valence-corrected chi connectivity index (χ0v) is 10.6. The minimum absolute atomic E-state index is 0.0928. The summed E-state index contributed by atoms with van der Waals surface area (Å²) in [5, 5.41) is 2.82. The third kappa shape index (κ3) is 2.73. The molecule has 0 aliphatic carbocycles. The SMILES string of the molecule is COCOc1cc(C2CNC(=O)C2)ccc1OC. The van der Waals surface area contributed by atoms with E-state index in [4.69, 9.17) is 14.2 Å². The fourth-order valence-electron chi connectivity index (χ4n) is 2.02. The number of methoxy groups -OCH3 is 2. The number of carbonyl (C=O) groups excluding carboxylic acids is 1. The molecule has 1 N–H and O–H groups in total. The Morgan fingerprint density at radius 2 is 2.17 bits per heavy atom. The highest BCUT2D eigenvalue weighted by Crippen LogP contribution is 2.33. The molecule has 1 aromatic rings. The third-order valence-corrected chi connectivity index (χ3v) is 2.97. The molecule has 1 aliphatic heterocycles. The first-order valence-electron chi connectivity index (χ1n) is 5.81. The molecule has 98 valence electrons. The number of hydrogen-bond donors (Lipinski definition) is 1. The van der Waals surface area contributed by atoms with Crippen LogP contribution in [0.1, 0.15) is 17.9 Å². The van der Waals surface area contributed by atoms with Crippen LogP contribution in [0.25, 0.3) is 0 Å². The molecule has 0 saturated carbocycles. The summed E-state index contributed by atoms with van der Waals surface area (Å²) in [4.78, 5) is 11.2. The van der Waals surface area contributed by atoms with E-state index in [0.29, 0.717) is 24.5 Å². The Labute approximate surface area is 106 Å². The lowest BCUT2D eigenvalue weighted by atomic mass is 9.98. The first-order valence-corrected chi connectivity index (χ1v) is 5.81. The summed E-state index contributed by atoms with van der Waals surface area (Å²) in [6, 6.07) is 5.72. The summed E-state index contributed by atoms with van der Waals surface area (Å²) < 4.78 is 15.6. The minimum atomic E-state index is 0.0928. The molecule has 1 saturated heterocycles. The van der Waals surface area contributed by atoms with Crippen molar-refractivity contribution in [3.05, 3.63) is 23.8 Å². The molecular formula is C13H17NO4. The van der Waals surface area contributed by atoms with Crippen molar-refractivity contribution in [3.8, 4) is 11.5 Å². The normalized spacial score (nSPS) is 18.6. The summed E-state index contributed by atoms with van der Waals surface area (Å²) in [5.74, 6) is 1.59. The highest BCUT2D eigenvalue weighted by molar-refractivity contribution is 5.79. The molecule has 2 rings (SSSR count). The molecule has 1 heterocycles. The van der Waals surface area contributed by atoms with E-state index in [-0.39, 0.29) is 18.6 Å². The van der Waals surface area contributed by atoms with E-state index in [1.165, 1.54) is 0 Å². The van der Waals surface area contributed by atoms with Gasteiger partial charge in [0.2, 0.25) is 5.91 Å². The number of hydrogen-bond acceptors (Lipinski definition) is 4. The van der Waals surface area contributed by atoms with Gasteiger partial charge in [0.1, 0.15) is 0 Å². The quantitative estimate of drug-likeness (QED) is 0.801. The zero-order chi connectivity index (χ0) is 13.0. The average Bonchev–Trinajstić information content (AvgIpc) is 2.82. The highest BCUT2D eigenvalue weighted by Gasteiger charge is 2.23. The summed E-state index contributed by atoms with van der Waals surface area (Å²) >= 11 is 0. The van der Waals surface area contributed by atoms with Gasteiger partial charge in [0.25, 0.3) is 0 Å². The lowest BCUT2D eigenvalue weighted by Gasteiger charge is -2.14. The first-order chi connectivity index (χ1) is 8.74. The molecule has 1 aromatic carbocycles. The Morgan fingerprint density at radius 1 is 1.33 bits per heavy atom. The van der Waals surface area contributed by atoms with Gasteiger partial charge in [-0.15, -0.1) is 0 Å². The van der Waals surface area contributed by atoms with E-state index in [9.17, 15) is 4.79 Å². The monoisotopic (exact) mass is 251 g/mol. The second-order valence-electron chi connectivity index (χ2n) is 4.17. The van der Waals surface area contributed by atoms with Crippen molar-refractivity contribution in [1.82, 2.24) is 5.32 Å². The van der Waals surface area contributed by atoms with Gasteiger partial charge in [0, 0.05) is 26.0 Å². The smallest absolute Gasteiger partial charge is 0.220 e. The van der Waals surface area contributed by atoms with Crippen molar-refractivity contribution < 1.29 is 19.0 Å². The number of ether oxygens (including phenoxy) is 3. The maximum absolute atomic E-state index is 11.2. The van der Waals surface area contributed by atoms with E-state index >= 15 is 0 Å². The van der Waals surface area contributed by atoms with E-state index in [2.05, 4.69) is 5.32 Å². The molecule has 18 heavy (non-hydrogen) atoms. The van der Waals surface area contributed by atoms with E-state index in [1.807, 2.05) is 18.2 Å². The van der Waals surface area contributed by atoms with E-state index in [1.54, 1.807) is 14.2 Å². The summed E-state index contributed by atoms with van der Waals surface area (Å²) in [7, 11) is 3.16. The van der Waals surface area contributed by atoms with Crippen LogP contribution in [0.2, 0.25) is 0 Å². The van der Waals surface area contributed by atoms with Crippen LogP contribution < -0.4 is 14.8 Å². The Hall–Kier alpha value is -1.75. The van der Waals surface area contributed by atoms with Crippen LogP contribution in [0.15, 0.2) is 18.2 Å². The molecule has 0 bridgehead atoms. The van der Waals surface area contributed by atoms with Gasteiger partial charge in [-0.05, 0) is 17.7 Å². The fourth-order valence-corrected chi connectivity index (χ4v) is 2.02. The highest BCUT2D eigenvalue weighted by atomic mass is 16.7. The third-order valence-electron chi connectivity index (χ3n) is 2.97. The number of benzene rings is 1. The van der Waals surface area contributed by atoms with Gasteiger partial charge >= 0.3 is 0 Å². The number of amides is 1. The van der Waals surface area contributed by atoms with Gasteiger partial charge in [-0.3, -0.25) is 4.79 Å². The molecule has 1 amide bonds. The maximum Gasteiger partial charge on any atom is 0.220 e. The van der Waals surface area contributed by atoms with Crippen molar-refractivity contribution in [2.24, 2.45) is 0 Å². The molecule has 1 fully saturated rings. The summed E-state index contributed by atoms with van der Waals surface area (Å²) in [6.45, 7) is 0.844. The molecule has 5 heteroatoms. The Bertz CT molecular complexity index is 433. The van der Waals surface area contributed by atoms with E-state index < -0.39 is 0 Å². The van der Waals surface area contributed by atoms with Gasteiger partial charge in [-0.1, -0.05) is 6.07 Å². The van der Waals surface area contributed by atoms with Crippen LogP contribution in [0.5, 0.6) is 11.5 Å². The largest absolute Gasteiger partial charge is 0.493 e. The van der Waals surface area contributed by atoms with Gasteiger partial charge < -0.3 is 19.5 Å². The van der Waals surface area contributed by atoms with Crippen LogP contribution in [0.3, 0.4) is 0 Å². The van der Waals surface area contributed by atoms with Gasteiger partial charge in [0.15, 0.2) is 18.3 Å². The van der Waals surface area contributed by atoms with Crippen molar-refractivity contribution in [2.75, 3.05) is 27.6 Å². The molecule has 0 aromatic heterocycles. The Kier molecular flexibility index (Phi) is 4.04. The predicted molar refractivity (Wildman–Crippen MR) is 65.9 cm³/mol. The lowest BCUT2D eigenvalue weighted by molar-refractivity contribution is -0.119.